The smallest absolute Gasteiger partial charge is 0.264 e. The molecule has 7 nitrogen and oxygen atoms in total. The first kappa shape index (κ1) is 22.7. The molecule has 0 aliphatic heterocycles. The lowest BCUT2D eigenvalue weighted by atomic mass is 10.3. The molecule has 2 rings (SSSR count). The van der Waals surface area contributed by atoms with Crippen LogP contribution < -0.4 is 25.6 Å². The van der Waals surface area contributed by atoms with Crippen LogP contribution in [0.3, 0.4) is 0 Å². The molecule has 0 heterocycles. The molecule has 29 heavy (non-hydrogen) atoms. The summed E-state index contributed by atoms with van der Waals surface area (Å²) in [4.78, 5) is 23.6. The van der Waals surface area contributed by atoms with Crippen LogP contribution in [0.4, 0.5) is 0 Å². The van der Waals surface area contributed by atoms with Crippen LogP contribution in [-0.4, -0.2) is 30.1 Å². The normalized spacial score (nSPS) is 10.0. The molecule has 154 valence electrons. The number of ether oxygens (including phenoxy) is 2. The predicted molar refractivity (Wildman–Crippen MR) is 115 cm³/mol. The summed E-state index contributed by atoms with van der Waals surface area (Å²) in [6.45, 7) is 0.0944. The molecular weight excluding hydrogens is 437 g/mol. The summed E-state index contributed by atoms with van der Waals surface area (Å²) in [5.41, 5.74) is 4.85. The fourth-order valence-corrected chi connectivity index (χ4v) is 2.68. The summed E-state index contributed by atoms with van der Waals surface area (Å²) in [7, 11) is 0. The number of carbonyl (C=O) groups is 2. The van der Waals surface area contributed by atoms with Crippen LogP contribution in [0.5, 0.6) is 11.5 Å². The molecule has 0 unspecified atom stereocenters. The topological polar surface area (TPSA) is 88.7 Å². The van der Waals surface area contributed by atoms with E-state index >= 15 is 0 Å². The van der Waals surface area contributed by atoms with Gasteiger partial charge in [-0.05, 0) is 49.0 Å². The molecule has 0 spiro atoms. The van der Waals surface area contributed by atoms with Gasteiger partial charge in [-0.25, -0.2) is 0 Å². The fourth-order valence-electron chi connectivity index (χ4n) is 2.06. The van der Waals surface area contributed by atoms with E-state index < -0.39 is 5.91 Å². The van der Waals surface area contributed by atoms with Gasteiger partial charge in [0.1, 0.15) is 11.5 Å². The van der Waals surface area contributed by atoms with E-state index in [0.29, 0.717) is 34.6 Å². The first-order chi connectivity index (χ1) is 13.9. The second-order valence-corrected chi connectivity index (χ2v) is 6.93. The highest BCUT2D eigenvalue weighted by Gasteiger charge is 2.08. The number of thiocarbonyl (C=S) groups is 1. The van der Waals surface area contributed by atoms with Crippen LogP contribution in [0.25, 0.3) is 0 Å². The molecule has 0 atom stereocenters. The summed E-state index contributed by atoms with van der Waals surface area (Å²) in [6, 6.07) is 13.8. The average Bonchev–Trinajstić information content (AvgIpc) is 2.70. The molecule has 10 heteroatoms. The Labute approximate surface area is 183 Å². The maximum absolute atomic E-state index is 11.8. The molecule has 0 aliphatic carbocycles. The Morgan fingerprint density at radius 2 is 1.72 bits per heavy atom. The third-order valence-electron chi connectivity index (χ3n) is 3.38. The van der Waals surface area contributed by atoms with E-state index in [2.05, 4.69) is 16.2 Å². The van der Waals surface area contributed by atoms with E-state index in [4.69, 9.17) is 44.9 Å². The van der Waals surface area contributed by atoms with Crippen molar-refractivity contribution in [2.45, 2.75) is 12.8 Å². The monoisotopic (exact) mass is 455 g/mol. The third-order valence-corrected chi connectivity index (χ3v) is 4.12. The van der Waals surface area contributed by atoms with Crippen molar-refractivity contribution in [3.05, 3.63) is 58.6 Å². The van der Waals surface area contributed by atoms with Gasteiger partial charge in [0.15, 0.2) is 11.7 Å². The zero-order valence-corrected chi connectivity index (χ0v) is 17.6. The zero-order chi connectivity index (χ0) is 21.1. The molecule has 0 aromatic heterocycles. The van der Waals surface area contributed by atoms with Crippen molar-refractivity contribution in [1.29, 1.82) is 0 Å². The maximum Gasteiger partial charge on any atom is 0.264 e. The van der Waals surface area contributed by atoms with Gasteiger partial charge in [-0.1, -0.05) is 41.4 Å². The van der Waals surface area contributed by atoms with E-state index in [9.17, 15) is 9.59 Å². The Morgan fingerprint density at radius 3 is 2.45 bits per heavy atom. The number of hydrogen-bond acceptors (Lipinski definition) is 5. The van der Waals surface area contributed by atoms with Gasteiger partial charge in [0.05, 0.1) is 11.6 Å². The second-order valence-electron chi connectivity index (χ2n) is 5.68. The predicted octanol–water partition coefficient (Wildman–Crippen LogP) is 3.25. The summed E-state index contributed by atoms with van der Waals surface area (Å²) >= 11 is 16.8. The number of para-hydroxylation sites is 1. The number of amides is 2. The van der Waals surface area contributed by atoms with Crippen molar-refractivity contribution < 1.29 is 19.1 Å². The summed E-state index contributed by atoms with van der Waals surface area (Å²) in [5, 5.41) is 3.28. The van der Waals surface area contributed by atoms with Crippen LogP contribution in [0.2, 0.25) is 10.0 Å². The second kappa shape index (κ2) is 12.1. The van der Waals surface area contributed by atoms with Gasteiger partial charge in [-0.15, -0.1) is 0 Å². The molecule has 0 bridgehead atoms. The highest BCUT2D eigenvalue weighted by Crippen LogP contribution is 2.27. The van der Waals surface area contributed by atoms with Gasteiger partial charge in [0.25, 0.3) is 5.91 Å². The highest BCUT2D eigenvalue weighted by atomic mass is 35.5. The van der Waals surface area contributed by atoms with Crippen molar-refractivity contribution in [2.75, 3.05) is 13.2 Å². The van der Waals surface area contributed by atoms with Gasteiger partial charge in [0.2, 0.25) is 5.91 Å². The Morgan fingerprint density at radius 1 is 0.966 bits per heavy atom. The number of halogens is 2. The van der Waals surface area contributed by atoms with Crippen molar-refractivity contribution in [1.82, 2.24) is 16.2 Å². The van der Waals surface area contributed by atoms with E-state index in [1.54, 1.807) is 42.5 Å². The lowest BCUT2D eigenvalue weighted by Gasteiger charge is -2.12. The highest BCUT2D eigenvalue weighted by molar-refractivity contribution is 7.80. The fraction of sp³-hybridized carbons (Fsp3) is 0.211. The molecular formula is C19H19Cl2N3O4S. The van der Waals surface area contributed by atoms with Gasteiger partial charge in [0, 0.05) is 11.4 Å². The molecule has 2 aromatic carbocycles. The Balaban J connectivity index is 1.57. The average molecular weight is 456 g/mol. The lowest BCUT2D eigenvalue weighted by Crippen LogP contribution is -2.49. The number of hydrogen-bond donors (Lipinski definition) is 3. The summed E-state index contributed by atoms with van der Waals surface area (Å²) < 4.78 is 10.8. The minimum Gasteiger partial charge on any atom is -0.492 e. The Bertz CT molecular complexity index is 853. The van der Waals surface area contributed by atoms with Gasteiger partial charge < -0.3 is 9.47 Å². The molecule has 2 aromatic rings. The van der Waals surface area contributed by atoms with E-state index in [1.807, 2.05) is 6.07 Å². The number of benzene rings is 2. The van der Waals surface area contributed by atoms with Crippen molar-refractivity contribution >= 4 is 52.3 Å². The van der Waals surface area contributed by atoms with Crippen LogP contribution in [0.1, 0.15) is 12.8 Å². The molecule has 0 saturated carbocycles. The minimum atomic E-state index is -0.450. The third kappa shape index (κ3) is 8.99. The van der Waals surface area contributed by atoms with Crippen LogP contribution >= 0.6 is 35.4 Å². The summed E-state index contributed by atoms with van der Waals surface area (Å²) in [5.74, 6) is 0.301. The van der Waals surface area contributed by atoms with Crippen LogP contribution in [0, 0.1) is 0 Å². The maximum atomic E-state index is 11.8. The number of hydrazine groups is 1. The van der Waals surface area contributed by atoms with Crippen LogP contribution in [0.15, 0.2) is 48.5 Å². The first-order valence-corrected chi connectivity index (χ1v) is 9.75. The SMILES string of the molecule is O=C(CCCOc1ccc(Cl)cc1Cl)NNC(=S)NC(=O)COc1ccccc1. The van der Waals surface area contributed by atoms with Gasteiger partial charge in [-0.2, -0.15) is 0 Å². The zero-order valence-electron chi connectivity index (χ0n) is 15.2. The molecule has 2 amide bonds. The number of rotatable bonds is 8. The molecule has 0 saturated heterocycles. The summed E-state index contributed by atoms with van der Waals surface area (Å²) in [6.07, 6.45) is 0.641. The first-order valence-electron chi connectivity index (χ1n) is 8.58. The van der Waals surface area contributed by atoms with Gasteiger partial charge in [-0.3, -0.25) is 25.8 Å². The van der Waals surface area contributed by atoms with Crippen molar-refractivity contribution in [3.8, 4) is 11.5 Å². The van der Waals surface area contributed by atoms with Crippen molar-refractivity contribution in [2.24, 2.45) is 0 Å². The number of carbonyl (C=O) groups excluding carboxylic acids is 2. The van der Waals surface area contributed by atoms with E-state index in [1.165, 1.54) is 0 Å². The number of nitrogens with one attached hydrogen (secondary N) is 3. The quantitative estimate of drug-likeness (QED) is 0.321. The minimum absolute atomic E-state index is 0.0378. The Kier molecular flexibility index (Phi) is 9.49. The molecule has 0 radical (unpaired) electrons. The standard InChI is InChI=1S/C19H19Cl2N3O4S/c20-13-8-9-16(15(21)11-13)27-10-4-7-17(25)23-24-19(29)22-18(26)12-28-14-5-2-1-3-6-14/h1-3,5-6,8-9,11H,4,7,10,12H2,(H,23,25)(H2,22,24,26,29). The largest absolute Gasteiger partial charge is 0.492 e. The molecule has 3 N–H and O–H groups in total. The van der Waals surface area contributed by atoms with Crippen LogP contribution in [-0.2, 0) is 9.59 Å². The van der Waals surface area contributed by atoms with E-state index in [-0.39, 0.29) is 24.0 Å². The Hall–Kier alpha value is -2.55. The van der Waals surface area contributed by atoms with Gasteiger partial charge >= 0.3 is 0 Å². The molecule has 0 aliphatic rings. The lowest BCUT2D eigenvalue weighted by molar-refractivity contribution is -0.123. The molecule has 0 fully saturated rings. The van der Waals surface area contributed by atoms with Crippen molar-refractivity contribution in [3.63, 3.8) is 0 Å². The van der Waals surface area contributed by atoms with E-state index in [0.717, 1.165) is 0 Å².